The maximum Gasteiger partial charge on any atom is 0.165 e. The van der Waals surface area contributed by atoms with E-state index < -0.39 is 0 Å². The largest absolute Gasteiger partial charge is 0.485 e. The summed E-state index contributed by atoms with van der Waals surface area (Å²) in [6, 6.07) is 6.26. The van der Waals surface area contributed by atoms with Crippen LogP contribution in [0.2, 0.25) is 0 Å². The lowest BCUT2D eigenvalue weighted by molar-refractivity contribution is 0.294. The van der Waals surface area contributed by atoms with Crippen LogP contribution in [0.15, 0.2) is 30.5 Å². The molecule has 2 aromatic rings. The van der Waals surface area contributed by atoms with Crippen molar-refractivity contribution in [2.45, 2.75) is 6.61 Å². The molecule has 0 aliphatic rings. The smallest absolute Gasteiger partial charge is 0.165 e. The van der Waals surface area contributed by atoms with Gasteiger partial charge >= 0.3 is 0 Å². The number of halogens is 1. The monoisotopic (exact) mass is 224 g/mol. The Kier molecular flexibility index (Phi) is 2.82. The van der Waals surface area contributed by atoms with Gasteiger partial charge in [-0.3, -0.25) is 0 Å². The summed E-state index contributed by atoms with van der Waals surface area (Å²) in [5.41, 5.74) is 6.20. The first-order valence-corrected chi connectivity index (χ1v) is 5.11. The molecule has 5 heteroatoms. The molecule has 2 rings (SSSR count). The van der Waals surface area contributed by atoms with E-state index in [9.17, 15) is 4.39 Å². The summed E-state index contributed by atoms with van der Waals surface area (Å²) >= 11 is 1.25. The Labute approximate surface area is 90.5 Å². The van der Waals surface area contributed by atoms with Gasteiger partial charge in [0.05, 0.1) is 16.8 Å². The molecule has 1 aromatic carbocycles. The number of nitrogen functional groups attached to an aromatic ring is 1. The SMILES string of the molecule is Nc1cnsc1COc1ccccc1F. The van der Waals surface area contributed by atoms with Crippen molar-refractivity contribution in [2.75, 3.05) is 5.73 Å². The van der Waals surface area contributed by atoms with Crippen molar-refractivity contribution < 1.29 is 9.13 Å². The van der Waals surface area contributed by atoms with Crippen molar-refractivity contribution in [3.05, 3.63) is 41.2 Å². The van der Waals surface area contributed by atoms with Crippen LogP contribution in [0.1, 0.15) is 4.88 Å². The molecule has 0 saturated heterocycles. The topological polar surface area (TPSA) is 48.1 Å². The number of benzene rings is 1. The molecule has 0 aliphatic carbocycles. The third-order valence-corrected chi connectivity index (χ3v) is 2.66. The van der Waals surface area contributed by atoms with Crippen LogP contribution in [0.4, 0.5) is 10.1 Å². The highest BCUT2D eigenvalue weighted by atomic mass is 32.1. The summed E-state index contributed by atoms with van der Waals surface area (Å²) in [6.45, 7) is 0.247. The second kappa shape index (κ2) is 4.27. The summed E-state index contributed by atoms with van der Waals surface area (Å²) < 4.78 is 22.3. The number of para-hydroxylation sites is 1. The van der Waals surface area contributed by atoms with Crippen molar-refractivity contribution in [3.8, 4) is 5.75 Å². The van der Waals surface area contributed by atoms with Crippen LogP contribution < -0.4 is 10.5 Å². The van der Waals surface area contributed by atoms with Crippen molar-refractivity contribution >= 4 is 17.2 Å². The molecule has 0 aliphatic heterocycles. The highest BCUT2D eigenvalue weighted by Gasteiger charge is 2.05. The molecular formula is C10H9FN2OS. The Bertz CT molecular complexity index is 458. The number of hydrogen-bond donors (Lipinski definition) is 1. The maximum absolute atomic E-state index is 13.2. The summed E-state index contributed by atoms with van der Waals surface area (Å²) in [5.74, 6) is -0.147. The van der Waals surface area contributed by atoms with Crippen molar-refractivity contribution in [3.63, 3.8) is 0 Å². The van der Waals surface area contributed by atoms with Crippen LogP contribution in [0, 0.1) is 5.82 Å². The summed E-state index contributed by atoms with van der Waals surface area (Å²) in [5, 5.41) is 0. The van der Waals surface area contributed by atoms with E-state index in [0.29, 0.717) is 5.69 Å². The number of hydrogen-bond acceptors (Lipinski definition) is 4. The van der Waals surface area contributed by atoms with E-state index in [0.717, 1.165) is 4.88 Å². The molecule has 0 fully saturated rings. The fourth-order valence-corrected chi connectivity index (χ4v) is 1.65. The molecule has 0 spiro atoms. The molecule has 0 unspecified atom stereocenters. The van der Waals surface area contributed by atoms with Crippen LogP contribution in [-0.4, -0.2) is 4.37 Å². The quantitative estimate of drug-likeness (QED) is 0.871. The molecule has 78 valence electrons. The lowest BCUT2D eigenvalue weighted by Crippen LogP contribution is -1.97. The molecule has 0 saturated carbocycles. The predicted molar refractivity (Wildman–Crippen MR) is 57.3 cm³/mol. The first kappa shape index (κ1) is 9.92. The summed E-state index contributed by atoms with van der Waals surface area (Å²) in [6.07, 6.45) is 1.56. The van der Waals surface area contributed by atoms with Crippen LogP contribution in [0.5, 0.6) is 5.75 Å². The van der Waals surface area contributed by atoms with Gasteiger partial charge in [0.15, 0.2) is 11.6 Å². The third-order valence-electron chi connectivity index (χ3n) is 1.87. The van der Waals surface area contributed by atoms with Crippen LogP contribution in [0.25, 0.3) is 0 Å². The minimum Gasteiger partial charge on any atom is -0.485 e. The fraction of sp³-hybridized carbons (Fsp3) is 0.100. The van der Waals surface area contributed by atoms with Gasteiger partial charge in [-0.25, -0.2) is 4.39 Å². The van der Waals surface area contributed by atoms with Gasteiger partial charge in [-0.1, -0.05) is 12.1 Å². The van der Waals surface area contributed by atoms with E-state index in [4.69, 9.17) is 10.5 Å². The maximum atomic E-state index is 13.2. The highest BCUT2D eigenvalue weighted by Crippen LogP contribution is 2.21. The van der Waals surface area contributed by atoms with E-state index in [1.54, 1.807) is 24.4 Å². The predicted octanol–water partition coefficient (Wildman–Crippen LogP) is 2.44. The third kappa shape index (κ3) is 2.24. The minimum atomic E-state index is -0.374. The van der Waals surface area contributed by atoms with Crippen LogP contribution >= 0.6 is 11.5 Å². The van der Waals surface area contributed by atoms with E-state index in [2.05, 4.69) is 4.37 Å². The van der Waals surface area contributed by atoms with E-state index >= 15 is 0 Å². The van der Waals surface area contributed by atoms with Gasteiger partial charge in [0.25, 0.3) is 0 Å². The van der Waals surface area contributed by atoms with Crippen LogP contribution in [-0.2, 0) is 6.61 Å². The van der Waals surface area contributed by atoms with E-state index in [1.165, 1.54) is 17.6 Å². The zero-order chi connectivity index (χ0) is 10.7. The standard InChI is InChI=1S/C10H9FN2OS/c11-7-3-1-2-4-9(7)14-6-10-8(12)5-13-15-10/h1-5H,6,12H2. The van der Waals surface area contributed by atoms with Gasteiger partial charge in [0.2, 0.25) is 0 Å². The first-order chi connectivity index (χ1) is 7.27. The lowest BCUT2D eigenvalue weighted by Gasteiger charge is -2.05. The molecule has 0 amide bonds. The van der Waals surface area contributed by atoms with Crippen LogP contribution in [0.3, 0.4) is 0 Å². The molecular weight excluding hydrogens is 215 g/mol. The van der Waals surface area contributed by atoms with Gasteiger partial charge in [0.1, 0.15) is 6.61 Å². The van der Waals surface area contributed by atoms with Gasteiger partial charge in [-0.05, 0) is 23.7 Å². The summed E-state index contributed by atoms with van der Waals surface area (Å²) in [7, 11) is 0. The Morgan fingerprint density at radius 1 is 1.40 bits per heavy atom. The molecule has 3 nitrogen and oxygen atoms in total. The zero-order valence-electron chi connectivity index (χ0n) is 7.81. The van der Waals surface area contributed by atoms with E-state index in [1.807, 2.05) is 0 Å². The average molecular weight is 224 g/mol. The molecule has 2 N–H and O–H groups in total. The molecule has 15 heavy (non-hydrogen) atoms. The van der Waals surface area contributed by atoms with Gasteiger partial charge in [0, 0.05) is 0 Å². The van der Waals surface area contributed by atoms with Gasteiger partial charge in [-0.2, -0.15) is 4.37 Å². The molecule has 0 atom stereocenters. The zero-order valence-corrected chi connectivity index (χ0v) is 8.63. The molecule has 0 bridgehead atoms. The second-order valence-electron chi connectivity index (χ2n) is 2.92. The molecule has 0 radical (unpaired) electrons. The number of nitrogens with two attached hydrogens (primary N) is 1. The Morgan fingerprint density at radius 2 is 2.20 bits per heavy atom. The Balaban J connectivity index is 2.06. The minimum absolute atomic E-state index is 0.227. The Hall–Kier alpha value is -1.62. The van der Waals surface area contributed by atoms with Crippen molar-refractivity contribution in [1.29, 1.82) is 0 Å². The number of rotatable bonds is 3. The normalized spacial score (nSPS) is 10.2. The molecule has 1 heterocycles. The average Bonchev–Trinajstić information content (AvgIpc) is 2.63. The van der Waals surface area contributed by atoms with E-state index in [-0.39, 0.29) is 18.2 Å². The van der Waals surface area contributed by atoms with Gasteiger partial charge < -0.3 is 10.5 Å². The van der Waals surface area contributed by atoms with Crippen molar-refractivity contribution in [1.82, 2.24) is 4.37 Å². The Morgan fingerprint density at radius 3 is 2.87 bits per heavy atom. The second-order valence-corrected chi connectivity index (χ2v) is 3.81. The lowest BCUT2D eigenvalue weighted by atomic mass is 10.3. The fourth-order valence-electron chi connectivity index (χ4n) is 1.09. The van der Waals surface area contributed by atoms with Crippen molar-refractivity contribution in [2.24, 2.45) is 0 Å². The first-order valence-electron chi connectivity index (χ1n) is 4.33. The molecule has 1 aromatic heterocycles. The number of nitrogens with zero attached hydrogens (tertiary/aromatic N) is 1. The summed E-state index contributed by atoms with van der Waals surface area (Å²) in [4.78, 5) is 0.804. The number of aromatic nitrogens is 1. The van der Waals surface area contributed by atoms with Gasteiger partial charge in [-0.15, -0.1) is 0 Å². The highest BCUT2D eigenvalue weighted by molar-refractivity contribution is 7.06. The number of ether oxygens (including phenoxy) is 1. The number of anilines is 1.